The van der Waals surface area contributed by atoms with Gasteiger partial charge < -0.3 is 18.9 Å². The third kappa shape index (κ3) is 5.00. The minimum atomic E-state index is -0.644. The highest BCUT2D eigenvalue weighted by Crippen LogP contribution is 2.38. The lowest BCUT2D eigenvalue weighted by Crippen LogP contribution is -2.11. The number of rotatable bonds is 8. The lowest BCUT2D eigenvalue weighted by atomic mass is 10.1. The van der Waals surface area contributed by atoms with Gasteiger partial charge in [0.05, 0.1) is 30.5 Å². The first-order valence-corrected chi connectivity index (χ1v) is 8.61. The van der Waals surface area contributed by atoms with E-state index in [1.807, 2.05) is 0 Å². The van der Waals surface area contributed by atoms with Crippen LogP contribution in [0.1, 0.15) is 15.2 Å². The van der Waals surface area contributed by atoms with Crippen LogP contribution < -0.4 is 14.2 Å². The van der Waals surface area contributed by atoms with Gasteiger partial charge in [0.1, 0.15) is 0 Å². The van der Waals surface area contributed by atoms with Gasteiger partial charge in [0.2, 0.25) is 11.5 Å². The summed E-state index contributed by atoms with van der Waals surface area (Å²) in [6, 6.07) is 6.58. The fraction of sp³-hybridized carbons (Fsp3) is 0.222. The maximum Gasteiger partial charge on any atom is 0.331 e. The van der Waals surface area contributed by atoms with Crippen molar-refractivity contribution >= 4 is 40.8 Å². The molecule has 1 heterocycles. The molecule has 0 fully saturated rings. The number of thiophene rings is 1. The molecule has 1 aromatic carbocycles. The molecule has 2 rings (SSSR count). The fourth-order valence-electron chi connectivity index (χ4n) is 2.08. The standard InChI is InChI=1S/C18H17ClO6S/c1-22-13-8-11(9-14(23-2)18(13)24-3)4-7-17(21)25-10-12(20)15-5-6-16(19)26-15/h4-9H,10H2,1-3H3. The maximum absolute atomic E-state index is 11.9. The van der Waals surface area contributed by atoms with E-state index in [0.717, 1.165) is 11.3 Å². The van der Waals surface area contributed by atoms with Gasteiger partial charge in [-0.3, -0.25) is 4.79 Å². The van der Waals surface area contributed by atoms with Crippen molar-refractivity contribution in [3.8, 4) is 17.2 Å². The molecule has 0 aliphatic rings. The summed E-state index contributed by atoms with van der Waals surface area (Å²) in [6.07, 6.45) is 2.74. The molecule has 0 radical (unpaired) electrons. The van der Waals surface area contributed by atoms with Gasteiger partial charge in [-0.15, -0.1) is 11.3 Å². The summed E-state index contributed by atoms with van der Waals surface area (Å²) >= 11 is 6.91. The molecule has 0 atom stereocenters. The second-order valence-electron chi connectivity index (χ2n) is 4.93. The number of methoxy groups -OCH3 is 3. The zero-order valence-corrected chi connectivity index (χ0v) is 16.0. The Balaban J connectivity index is 2.02. The zero-order valence-electron chi connectivity index (χ0n) is 14.4. The molecule has 6 nitrogen and oxygen atoms in total. The first kappa shape index (κ1) is 19.8. The van der Waals surface area contributed by atoms with Gasteiger partial charge in [0, 0.05) is 6.08 Å². The molecular weight excluding hydrogens is 380 g/mol. The largest absolute Gasteiger partial charge is 0.493 e. The summed E-state index contributed by atoms with van der Waals surface area (Å²) in [4.78, 5) is 24.1. The number of ketones is 1. The molecule has 138 valence electrons. The van der Waals surface area contributed by atoms with E-state index in [1.165, 1.54) is 33.5 Å². The minimum absolute atomic E-state index is 0.309. The predicted molar refractivity (Wildman–Crippen MR) is 99.8 cm³/mol. The van der Waals surface area contributed by atoms with Crippen LogP contribution in [0.3, 0.4) is 0 Å². The third-order valence-electron chi connectivity index (χ3n) is 3.29. The molecule has 0 saturated heterocycles. The summed E-state index contributed by atoms with van der Waals surface area (Å²) in [5.41, 5.74) is 0.646. The molecular formula is C18H17ClO6S. The van der Waals surface area contributed by atoms with E-state index in [2.05, 4.69) is 0 Å². The van der Waals surface area contributed by atoms with Crippen LogP contribution in [-0.2, 0) is 9.53 Å². The lowest BCUT2D eigenvalue weighted by Gasteiger charge is -2.12. The molecule has 0 bridgehead atoms. The Bertz CT molecular complexity index is 802. The summed E-state index contributed by atoms with van der Waals surface area (Å²) < 4.78 is 21.2. The molecule has 2 aromatic rings. The zero-order chi connectivity index (χ0) is 19.1. The van der Waals surface area contributed by atoms with E-state index >= 15 is 0 Å². The molecule has 0 spiro atoms. The summed E-state index contributed by atoms with van der Waals surface area (Å²) in [5.74, 6) is 0.426. The molecule has 0 N–H and O–H groups in total. The van der Waals surface area contributed by atoms with Crippen molar-refractivity contribution in [3.63, 3.8) is 0 Å². The Morgan fingerprint density at radius 3 is 2.23 bits per heavy atom. The second-order valence-corrected chi connectivity index (χ2v) is 6.64. The molecule has 26 heavy (non-hydrogen) atoms. The number of benzene rings is 1. The molecule has 0 aliphatic heterocycles. The first-order chi connectivity index (χ1) is 12.5. The van der Waals surface area contributed by atoms with Gasteiger partial charge in [0.15, 0.2) is 18.1 Å². The highest BCUT2D eigenvalue weighted by molar-refractivity contribution is 7.18. The van der Waals surface area contributed by atoms with Gasteiger partial charge in [-0.1, -0.05) is 11.6 Å². The van der Waals surface area contributed by atoms with Crippen molar-refractivity contribution in [3.05, 3.63) is 45.1 Å². The van der Waals surface area contributed by atoms with Crippen LogP contribution in [0.15, 0.2) is 30.3 Å². The van der Waals surface area contributed by atoms with Crippen molar-refractivity contribution in [2.45, 2.75) is 0 Å². The van der Waals surface area contributed by atoms with Gasteiger partial charge in [-0.05, 0) is 35.9 Å². The average molecular weight is 397 g/mol. The van der Waals surface area contributed by atoms with E-state index in [-0.39, 0.29) is 12.4 Å². The van der Waals surface area contributed by atoms with Gasteiger partial charge in [0.25, 0.3) is 0 Å². The summed E-state index contributed by atoms with van der Waals surface area (Å²) in [5, 5.41) is 0. The Kier molecular flexibility index (Phi) is 7.06. The predicted octanol–water partition coefficient (Wildman–Crippen LogP) is 3.87. The Morgan fingerprint density at radius 2 is 1.73 bits per heavy atom. The molecule has 0 aliphatic carbocycles. The van der Waals surface area contributed by atoms with Crippen LogP contribution in [0.4, 0.5) is 0 Å². The SMILES string of the molecule is COc1cc(C=CC(=O)OCC(=O)c2ccc(Cl)s2)cc(OC)c1OC. The Hall–Kier alpha value is -2.51. The van der Waals surface area contributed by atoms with E-state index in [0.29, 0.717) is 32.0 Å². The van der Waals surface area contributed by atoms with E-state index in [4.69, 9.17) is 30.5 Å². The molecule has 8 heteroatoms. The van der Waals surface area contributed by atoms with E-state index in [9.17, 15) is 9.59 Å². The Labute approximate surface area is 159 Å². The van der Waals surface area contributed by atoms with Crippen LogP contribution in [0.25, 0.3) is 6.08 Å². The number of halogens is 1. The highest BCUT2D eigenvalue weighted by atomic mass is 35.5. The monoisotopic (exact) mass is 396 g/mol. The fourth-order valence-corrected chi connectivity index (χ4v) is 3.05. The molecule has 1 aromatic heterocycles. The normalized spacial score (nSPS) is 10.6. The van der Waals surface area contributed by atoms with Crippen LogP contribution in [0.2, 0.25) is 4.34 Å². The van der Waals surface area contributed by atoms with Crippen molar-refractivity contribution in [2.75, 3.05) is 27.9 Å². The van der Waals surface area contributed by atoms with Crippen LogP contribution in [0.5, 0.6) is 17.2 Å². The van der Waals surface area contributed by atoms with Crippen molar-refractivity contribution in [1.82, 2.24) is 0 Å². The van der Waals surface area contributed by atoms with Crippen molar-refractivity contribution in [2.24, 2.45) is 0 Å². The second kappa shape index (κ2) is 9.26. The number of carbonyl (C=O) groups is 2. The van der Waals surface area contributed by atoms with Crippen LogP contribution >= 0.6 is 22.9 Å². The van der Waals surface area contributed by atoms with Crippen LogP contribution in [0, 0.1) is 0 Å². The highest BCUT2D eigenvalue weighted by Gasteiger charge is 2.13. The topological polar surface area (TPSA) is 71.1 Å². The van der Waals surface area contributed by atoms with E-state index < -0.39 is 5.97 Å². The smallest absolute Gasteiger partial charge is 0.331 e. The number of carbonyl (C=O) groups excluding carboxylic acids is 2. The van der Waals surface area contributed by atoms with Crippen LogP contribution in [-0.4, -0.2) is 39.7 Å². The van der Waals surface area contributed by atoms with Gasteiger partial charge >= 0.3 is 5.97 Å². The van der Waals surface area contributed by atoms with E-state index in [1.54, 1.807) is 24.3 Å². The molecule has 0 saturated carbocycles. The minimum Gasteiger partial charge on any atom is -0.493 e. The number of ether oxygens (including phenoxy) is 4. The average Bonchev–Trinajstić information content (AvgIpc) is 3.09. The third-order valence-corrected chi connectivity index (χ3v) is 4.56. The number of Topliss-reactive ketones (excluding diaryl/α,β-unsaturated/α-hetero) is 1. The number of hydrogen-bond donors (Lipinski definition) is 0. The first-order valence-electron chi connectivity index (χ1n) is 7.42. The summed E-state index contributed by atoms with van der Waals surface area (Å²) in [7, 11) is 4.51. The van der Waals surface area contributed by atoms with Crippen molar-refractivity contribution < 1.29 is 28.5 Å². The number of hydrogen-bond acceptors (Lipinski definition) is 7. The maximum atomic E-state index is 11.9. The lowest BCUT2D eigenvalue weighted by molar-refractivity contribution is -0.136. The molecule has 0 unspecified atom stereocenters. The molecule has 0 amide bonds. The quantitative estimate of drug-likeness (QED) is 0.383. The summed E-state index contributed by atoms with van der Waals surface area (Å²) in [6.45, 7) is -0.352. The van der Waals surface area contributed by atoms with Gasteiger partial charge in [-0.25, -0.2) is 4.79 Å². The van der Waals surface area contributed by atoms with Crippen molar-refractivity contribution in [1.29, 1.82) is 0 Å². The Morgan fingerprint density at radius 1 is 1.08 bits per heavy atom. The number of esters is 1. The van der Waals surface area contributed by atoms with Gasteiger partial charge in [-0.2, -0.15) is 0 Å².